The van der Waals surface area contributed by atoms with Crippen molar-refractivity contribution in [1.82, 2.24) is 4.90 Å². The van der Waals surface area contributed by atoms with Gasteiger partial charge < -0.3 is 4.90 Å². The third-order valence-corrected chi connectivity index (χ3v) is 7.81. The first-order valence-electron chi connectivity index (χ1n) is 9.96. The zero-order chi connectivity index (χ0) is 20.9. The van der Waals surface area contributed by atoms with Crippen molar-refractivity contribution in [3.05, 3.63) is 52.4 Å². The van der Waals surface area contributed by atoms with Gasteiger partial charge in [-0.15, -0.1) is 35.5 Å². The zero-order valence-electron chi connectivity index (χ0n) is 16.9. The first-order valence-corrected chi connectivity index (χ1v) is 11.8. The molecule has 3 rings (SSSR count). The van der Waals surface area contributed by atoms with Crippen molar-refractivity contribution < 1.29 is 18.0 Å². The lowest BCUT2D eigenvalue weighted by molar-refractivity contribution is -0.137. The number of Topliss-reactive ketones (excluding diaryl/α,β-unsaturated/α-hetero) is 1. The molecule has 0 amide bonds. The van der Waals surface area contributed by atoms with Crippen LogP contribution >= 0.6 is 35.5 Å². The van der Waals surface area contributed by atoms with Gasteiger partial charge in [-0.25, -0.2) is 0 Å². The van der Waals surface area contributed by atoms with Crippen molar-refractivity contribution in [3.8, 4) is 0 Å². The lowest BCUT2D eigenvalue weighted by Crippen LogP contribution is -2.33. The second kappa shape index (κ2) is 11.6. The molecule has 0 atom stereocenters. The van der Waals surface area contributed by atoms with Gasteiger partial charge in [-0.05, 0) is 87.7 Å². The number of carbonyl (C=O) groups excluding carboxylic acids is 1. The minimum Gasteiger partial charge on any atom is -0.303 e. The minimum atomic E-state index is -4.27. The Morgan fingerprint density at radius 1 is 1.17 bits per heavy atom. The van der Waals surface area contributed by atoms with Crippen LogP contribution in [0.25, 0.3) is 0 Å². The number of alkyl halides is 3. The molecule has 30 heavy (non-hydrogen) atoms. The number of piperidine rings is 1. The summed E-state index contributed by atoms with van der Waals surface area (Å²) in [5.74, 6) is 1.38. The van der Waals surface area contributed by atoms with Crippen molar-refractivity contribution in [2.75, 3.05) is 25.4 Å². The summed E-state index contributed by atoms with van der Waals surface area (Å²) >= 11 is 3.36. The summed E-state index contributed by atoms with van der Waals surface area (Å²) in [5, 5.41) is 0. The summed E-state index contributed by atoms with van der Waals surface area (Å²) in [4.78, 5) is 14.6. The van der Waals surface area contributed by atoms with E-state index in [0.29, 0.717) is 0 Å². The molecule has 1 saturated heterocycles. The maximum Gasteiger partial charge on any atom is 0.416 e. The van der Waals surface area contributed by atoms with Crippen LogP contribution in [-0.2, 0) is 6.18 Å². The van der Waals surface area contributed by atoms with E-state index in [4.69, 9.17) is 0 Å². The van der Waals surface area contributed by atoms with Crippen LogP contribution in [0.2, 0.25) is 0 Å². The smallest absolute Gasteiger partial charge is 0.303 e. The summed E-state index contributed by atoms with van der Waals surface area (Å²) in [6, 6.07) is 9.73. The van der Waals surface area contributed by atoms with Crippen LogP contribution < -0.4 is 0 Å². The molecule has 1 aliphatic rings. The number of nitrogens with zero attached hydrogens (tertiary/aromatic N) is 1. The highest BCUT2D eigenvalue weighted by molar-refractivity contribution is 8.01. The molecule has 2 nitrogen and oxygen atoms in total. The third kappa shape index (κ3) is 7.29. The largest absolute Gasteiger partial charge is 0.416 e. The molecular formula is C22H27ClF3NOS2. The Bertz CT molecular complexity index is 817. The van der Waals surface area contributed by atoms with Crippen molar-refractivity contribution in [2.24, 2.45) is 0 Å². The molecule has 0 N–H and O–H groups in total. The summed E-state index contributed by atoms with van der Waals surface area (Å²) < 4.78 is 40.0. The van der Waals surface area contributed by atoms with E-state index in [1.807, 2.05) is 18.2 Å². The zero-order valence-corrected chi connectivity index (χ0v) is 19.4. The average molecular weight is 478 g/mol. The molecule has 1 aromatic carbocycles. The molecule has 1 aliphatic heterocycles. The van der Waals surface area contributed by atoms with Gasteiger partial charge in [0.05, 0.1) is 14.6 Å². The summed E-state index contributed by atoms with van der Waals surface area (Å²) in [5.41, 5.74) is 0.271. The fraction of sp³-hybridized carbons (Fsp3) is 0.500. The standard InChI is InChI=1S/C22H26F3NOS2.ClH/c1-16(27)20-7-8-21(29-20)28-14-3-2-11-26-12-9-17(10-13-26)18-5-4-6-19(15-18)22(23,24)25;/h4-8,15,17H,2-3,9-14H2,1H3;1H. The fourth-order valence-electron chi connectivity index (χ4n) is 3.66. The van der Waals surface area contributed by atoms with Gasteiger partial charge in [0.25, 0.3) is 0 Å². The normalized spacial score (nSPS) is 15.7. The number of hydrogen-bond donors (Lipinski definition) is 0. The number of benzene rings is 1. The van der Waals surface area contributed by atoms with Gasteiger partial charge in [-0.3, -0.25) is 4.79 Å². The molecule has 2 heterocycles. The van der Waals surface area contributed by atoms with Crippen LogP contribution in [0.1, 0.15) is 59.3 Å². The lowest BCUT2D eigenvalue weighted by Gasteiger charge is -2.32. The number of rotatable bonds is 8. The van der Waals surface area contributed by atoms with E-state index in [1.165, 1.54) is 16.3 Å². The second-order valence-corrected chi connectivity index (χ2v) is 9.95. The molecule has 1 fully saturated rings. The van der Waals surface area contributed by atoms with Crippen molar-refractivity contribution >= 4 is 41.3 Å². The highest BCUT2D eigenvalue weighted by atomic mass is 35.5. The van der Waals surface area contributed by atoms with Crippen molar-refractivity contribution in [2.45, 2.75) is 48.9 Å². The van der Waals surface area contributed by atoms with E-state index in [-0.39, 0.29) is 24.1 Å². The van der Waals surface area contributed by atoms with E-state index < -0.39 is 11.7 Å². The molecule has 0 spiro atoms. The minimum absolute atomic E-state index is 0. The number of thioether (sulfide) groups is 1. The van der Waals surface area contributed by atoms with Crippen molar-refractivity contribution in [1.29, 1.82) is 0 Å². The van der Waals surface area contributed by atoms with Gasteiger partial charge >= 0.3 is 6.18 Å². The molecule has 0 unspecified atom stereocenters. The maximum atomic E-state index is 12.9. The topological polar surface area (TPSA) is 20.3 Å². The Balaban J connectivity index is 0.00000320. The lowest BCUT2D eigenvalue weighted by atomic mass is 9.88. The van der Waals surface area contributed by atoms with E-state index in [0.717, 1.165) is 67.6 Å². The molecule has 1 aromatic heterocycles. The summed E-state index contributed by atoms with van der Waals surface area (Å²) in [7, 11) is 0. The number of ketones is 1. The van der Waals surface area contributed by atoms with Gasteiger partial charge in [0.1, 0.15) is 0 Å². The number of halogens is 4. The highest BCUT2D eigenvalue weighted by Crippen LogP contribution is 2.34. The predicted octanol–water partition coefficient (Wildman–Crippen LogP) is 7.14. The van der Waals surface area contributed by atoms with Crippen LogP contribution in [0.3, 0.4) is 0 Å². The predicted molar refractivity (Wildman–Crippen MR) is 121 cm³/mol. The molecule has 0 aliphatic carbocycles. The molecule has 0 bridgehead atoms. The quantitative estimate of drug-likeness (QED) is 0.229. The van der Waals surface area contributed by atoms with Gasteiger partial charge in [0.15, 0.2) is 5.78 Å². The number of likely N-dealkylation sites (tertiary alicyclic amines) is 1. The van der Waals surface area contributed by atoms with Crippen molar-refractivity contribution in [3.63, 3.8) is 0 Å². The van der Waals surface area contributed by atoms with Gasteiger partial charge in [0, 0.05) is 0 Å². The summed E-state index contributed by atoms with van der Waals surface area (Å²) in [6.45, 7) is 4.53. The van der Waals surface area contributed by atoms with E-state index >= 15 is 0 Å². The Hall–Kier alpha value is -1.02. The van der Waals surface area contributed by atoms with Gasteiger partial charge in [-0.2, -0.15) is 13.2 Å². The van der Waals surface area contributed by atoms with Crippen LogP contribution in [0.15, 0.2) is 40.6 Å². The van der Waals surface area contributed by atoms with Crippen LogP contribution in [-0.4, -0.2) is 36.1 Å². The Kier molecular flexibility index (Phi) is 9.72. The Morgan fingerprint density at radius 3 is 2.53 bits per heavy atom. The molecule has 166 valence electrons. The third-order valence-electron chi connectivity index (χ3n) is 5.31. The number of unbranched alkanes of at least 4 members (excludes halogenated alkanes) is 1. The molecular weight excluding hydrogens is 451 g/mol. The first kappa shape index (κ1) is 25.2. The van der Waals surface area contributed by atoms with Gasteiger partial charge in [-0.1, -0.05) is 18.2 Å². The van der Waals surface area contributed by atoms with E-state index in [2.05, 4.69) is 4.90 Å². The summed E-state index contributed by atoms with van der Waals surface area (Å²) in [6.07, 6.45) is -0.207. The fourth-order valence-corrected chi connectivity index (χ4v) is 5.76. The molecule has 0 radical (unpaired) electrons. The highest BCUT2D eigenvalue weighted by Gasteiger charge is 2.31. The number of hydrogen-bond acceptors (Lipinski definition) is 4. The SMILES string of the molecule is CC(=O)c1ccc(SCCCCN2CCC(c3cccc(C(F)(F)F)c3)CC2)s1.Cl. The number of carbonyl (C=O) groups is 1. The monoisotopic (exact) mass is 477 g/mol. The second-order valence-electron chi connectivity index (χ2n) is 7.47. The average Bonchev–Trinajstić information content (AvgIpc) is 3.17. The van der Waals surface area contributed by atoms with Crippen LogP contribution in [0.5, 0.6) is 0 Å². The first-order chi connectivity index (χ1) is 13.8. The molecule has 2 aromatic rings. The van der Waals surface area contributed by atoms with E-state index in [9.17, 15) is 18.0 Å². The van der Waals surface area contributed by atoms with Gasteiger partial charge in [0.2, 0.25) is 0 Å². The van der Waals surface area contributed by atoms with Crippen LogP contribution in [0.4, 0.5) is 13.2 Å². The maximum absolute atomic E-state index is 12.9. The van der Waals surface area contributed by atoms with Crippen LogP contribution in [0, 0.1) is 0 Å². The van der Waals surface area contributed by atoms with E-state index in [1.54, 1.807) is 30.0 Å². The Morgan fingerprint density at radius 2 is 1.90 bits per heavy atom. The number of thiophene rings is 1. The Labute approximate surface area is 190 Å². The molecule has 8 heteroatoms. The molecule has 0 saturated carbocycles.